The molecule has 31 heavy (non-hydrogen) atoms. The number of benzene rings is 2. The lowest BCUT2D eigenvalue weighted by molar-refractivity contribution is -0.138. The molecule has 5 nitrogen and oxygen atoms in total. The maximum Gasteiger partial charge on any atom is 0.310 e. The second-order valence-corrected chi connectivity index (χ2v) is 8.81. The number of phenols is 1. The second-order valence-electron chi connectivity index (χ2n) is 7.27. The first-order chi connectivity index (χ1) is 14.8. The molecule has 0 aromatic heterocycles. The normalized spacial score (nSPS) is 11.9. The summed E-state index contributed by atoms with van der Waals surface area (Å²) in [5.74, 6) is -0.148. The molecule has 0 saturated heterocycles. The first kappa shape index (κ1) is 25.1. The van der Waals surface area contributed by atoms with Crippen LogP contribution in [0.3, 0.4) is 0 Å². The molecule has 0 heterocycles. The zero-order chi connectivity index (χ0) is 23.0. The molecule has 0 aliphatic heterocycles. The summed E-state index contributed by atoms with van der Waals surface area (Å²) in [6.45, 7) is 5.89. The number of rotatable bonds is 12. The third-order valence-corrected chi connectivity index (χ3v) is 6.58. The number of carbonyl (C=O) groups excluding carboxylic acids is 1. The number of carboxylic acids is 1. The average molecular weight is 465 g/mol. The van der Waals surface area contributed by atoms with Crippen molar-refractivity contribution >= 4 is 35.1 Å². The number of phenolic OH excluding ortho intramolecular Hbond substituents is 1. The van der Waals surface area contributed by atoms with Gasteiger partial charge in [0.2, 0.25) is 0 Å². The SMILES string of the molecule is CCCc1c(OCCCSc2ccc(C(C)C(=O)O)cc2Cl)ccc(C(=O)CC)c1O. The van der Waals surface area contributed by atoms with Gasteiger partial charge in [-0.1, -0.05) is 37.9 Å². The van der Waals surface area contributed by atoms with Crippen molar-refractivity contribution in [3.8, 4) is 11.5 Å². The molecular formula is C24H29ClO5S. The Bertz CT molecular complexity index is 928. The van der Waals surface area contributed by atoms with Crippen molar-refractivity contribution in [3.05, 3.63) is 52.0 Å². The van der Waals surface area contributed by atoms with Gasteiger partial charge in [-0.05, 0) is 49.6 Å². The van der Waals surface area contributed by atoms with Crippen LogP contribution in [0.1, 0.15) is 67.4 Å². The number of ether oxygens (including phenoxy) is 1. The first-order valence-electron chi connectivity index (χ1n) is 10.5. The van der Waals surface area contributed by atoms with E-state index in [1.807, 2.05) is 13.0 Å². The summed E-state index contributed by atoms with van der Waals surface area (Å²) in [5.41, 5.74) is 1.71. The molecule has 0 saturated carbocycles. The van der Waals surface area contributed by atoms with Crippen molar-refractivity contribution in [2.24, 2.45) is 0 Å². The standard InChI is InChI=1S/C24H29ClO5S/c1-4-7-18-21(10-9-17(23(18)27)20(26)5-2)30-12-6-13-31-22-11-8-16(14-19(22)25)15(3)24(28)29/h8-11,14-15,27H,4-7,12-13H2,1-3H3,(H,28,29). The zero-order valence-electron chi connectivity index (χ0n) is 18.1. The molecule has 2 aromatic rings. The molecule has 0 aliphatic rings. The molecule has 0 aliphatic carbocycles. The quantitative estimate of drug-likeness (QED) is 0.216. The Kier molecular flexibility index (Phi) is 9.72. The summed E-state index contributed by atoms with van der Waals surface area (Å²) < 4.78 is 5.90. The summed E-state index contributed by atoms with van der Waals surface area (Å²) in [7, 11) is 0. The number of carbonyl (C=O) groups is 2. The minimum atomic E-state index is -0.880. The molecule has 0 amide bonds. The topological polar surface area (TPSA) is 83.8 Å². The van der Waals surface area contributed by atoms with Crippen molar-refractivity contribution < 1.29 is 24.5 Å². The van der Waals surface area contributed by atoms with E-state index >= 15 is 0 Å². The third-order valence-electron chi connectivity index (χ3n) is 4.99. The summed E-state index contributed by atoms with van der Waals surface area (Å²) in [5, 5.41) is 20.2. The van der Waals surface area contributed by atoms with Crippen molar-refractivity contribution in [3.63, 3.8) is 0 Å². The van der Waals surface area contributed by atoms with Gasteiger partial charge in [-0.15, -0.1) is 11.8 Å². The van der Waals surface area contributed by atoms with E-state index in [1.54, 1.807) is 49.9 Å². The minimum Gasteiger partial charge on any atom is -0.507 e. The fraction of sp³-hybridized carbons (Fsp3) is 0.417. The van der Waals surface area contributed by atoms with Crippen LogP contribution in [0.25, 0.3) is 0 Å². The van der Waals surface area contributed by atoms with E-state index in [4.69, 9.17) is 21.4 Å². The average Bonchev–Trinajstić information content (AvgIpc) is 2.75. The molecule has 1 unspecified atom stereocenters. The monoisotopic (exact) mass is 464 g/mol. The van der Waals surface area contributed by atoms with Gasteiger partial charge in [-0.25, -0.2) is 0 Å². The van der Waals surface area contributed by atoms with E-state index in [0.29, 0.717) is 46.9 Å². The van der Waals surface area contributed by atoms with Crippen LogP contribution in [0.4, 0.5) is 0 Å². The van der Waals surface area contributed by atoms with Gasteiger partial charge < -0.3 is 14.9 Å². The van der Waals surface area contributed by atoms with Gasteiger partial charge >= 0.3 is 5.97 Å². The lowest BCUT2D eigenvalue weighted by Gasteiger charge is -2.15. The molecule has 0 bridgehead atoms. The summed E-state index contributed by atoms with van der Waals surface area (Å²) in [6, 6.07) is 8.74. The number of thioether (sulfide) groups is 1. The van der Waals surface area contributed by atoms with E-state index in [-0.39, 0.29) is 11.5 Å². The van der Waals surface area contributed by atoms with Crippen molar-refractivity contribution in [2.45, 2.75) is 57.3 Å². The van der Waals surface area contributed by atoms with Crippen LogP contribution in [0, 0.1) is 0 Å². The van der Waals surface area contributed by atoms with E-state index in [0.717, 1.165) is 23.5 Å². The molecule has 1 atom stereocenters. The lowest BCUT2D eigenvalue weighted by Crippen LogP contribution is -2.07. The largest absolute Gasteiger partial charge is 0.507 e. The van der Waals surface area contributed by atoms with Crippen LogP contribution in [0.15, 0.2) is 35.2 Å². The fourth-order valence-electron chi connectivity index (χ4n) is 3.13. The zero-order valence-corrected chi connectivity index (χ0v) is 19.7. The second kappa shape index (κ2) is 12.0. The van der Waals surface area contributed by atoms with E-state index < -0.39 is 11.9 Å². The van der Waals surface area contributed by atoms with Gasteiger partial charge in [-0.3, -0.25) is 9.59 Å². The van der Waals surface area contributed by atoms with Crippen LogP contribution in [0.2, 0.25) is 5.02 Å². The van der Waals surface area contributed by atoms with Gasteiger partial charge in [0.1, 0.15) is 11.5 Å². The number of ketones is 1. The highest BCUT2D eigenvalue weighted by atomic mass is 35.5. The molecule has 7 heteroatoms. The first-order valence-corrected chi connectivity index (χ1v) is 11.8. The summed E-state index contributed by atoms with van der Waals surface area (Å²) in [4.78, 5) is 24.0. The molecule has 0 fully saturated rings. The van der Waals surface area contributed by atoms with Crippen LogP contribution in [-0.4, -0.2) is 34.3 Å². The smallest absolute Gasteiger partial charge is 0.310 e. The van der Waals surface area contributed by atoms with Crippen LogP contribution in [0.5, 0.6) is 11.5 Å². The molecule has 2 N–H and O–H groups in total. The maximum absolute atomic E-state index is 12.0. The number of hydrogen-bond donors (Lipinski definition) is 2. The third kappa shape index (κ3) is 6.65. The van der Waals surface area contributed by atoms with Crippen LogP contribution >= 0.6 is 23.4 Å². The Labute approximate surface area is 192 Å². The molecular weight excluding hydrogens is 436 g/mol. The number of carboxylic acid groups (broad SMARTS) is 1. The van der Waals surface area contributed by atoms with Crippen molar-refractivity contribution in [1.82, 2.24) is 0 Å². The van der Waals surface area contributed by atoms with Crippen molar-refractivity contribution in [1.29, 1.82) is 0 Å². The maximum atomic E-state index is 12.0. The molecule has 2 aromatic carbocycles. The van der Waals surface area contributed by atoms with Crippen LogP contribution < -0.4 is 4.74 Å². The number of halogens is 1. The van der Waals surface area contributed by atoms with Crippen LogP contribution in [-0.2, 0) is 11.2 Å². The number of Topliss-reactive ketones (excluding diaryl/α,β-unsaturated/α-hetero) is 1. The fourth-order valence-corrected chi connectivity index (χ4v) is 4.33. The Balaban J connectivity index is 1.94. The summed E-state index contributed by atoms with van der Waals surface area (Å²) >= 11 is 7.90. The highest BCUT2D eigenvalue weighted by Crippen LogP contribution is 2.34. The Morgan fingerprint density at radius 2 is 1.94 bits per heavy atom. The molecule has 168 valence electrons. The highest BCUT2D eigenvalue weighted by molar-refractivity contribution is 7.99. The van der Waals surface area contributed by atoms with Gasteiger partial charge in [0, 0.05) is 22.6 Å². The van der Waals surface area contributed by atoms with E-state index in [2.05, 4.69) is 0 Å². The Morgan fingerprint density at radius 1 is 1.19 bits per heavy atom. The number of hydrogen-bond acceptors (Lipinski definition) is 5. The predicted octanol–water partition coefficient (Wildman–Crippen LogP) is 6.34. The minimum absolute atomic E-state index is 0.0306. The Morgan fingerprint density at radius 3 is 2.55 bits per heavy atom. The van der Waals surface area contributed by atoms with Gasteiger partial charge in [0.15, 0.2) is 5.78 Å². The van der Waals surface area contributed by atoms with E-state index in [9.17, 15) is 14.7 Å². The lowest BCUT2D eigenvalue weighted by atomic mass is 10.00. The van der Waals surface area contributed by atoms with Crippen molar-refractivity contribution in [2.75, 3.05) is 12.4 Å². The summed E-state index contributed by atoms with van der Waals surface area (Å²) in [6.07, 6.45) is 2.57. The molecule has 0 radical (unpaired) electrons. The van der Waals surface area contributed by atoms with Gasteiger partial charge in [0.05, 0.1) is 23.1 Å². The number of aromatic hydroxyl groups is 1. The van der Waals surface area contributed by atoms with Gasteiger partial charge in [-0.2, -0.15) is 0 Å². The molecule has 2 rings (SSSR count). The predicted molar refractivity (Wildman–Crippen MR) is 125 cm³/mol. The molecule has 0 spiro atoms. The van der Waals surface area contributed by atoms with Gasteiger partial charge in [0.25, 0.3) is 0 Å². The number of aliphatic carboxylic acids is 1. The highest BCUT2D eigenvalue weighted by Gasteiger charge is 2.17. The van der Waals surface area contributed by atoms with E-state index in [1.165, 1.54) is 0 Å². The Hall–Kier alpha value is -2.18.